The molecular weight excluding hydrogens is 497 g/mol. The van der Waals surface area contributed by atoms with E-state index in [1.54, 1.807) is 9.80 Å². The van der Waals surface area contributed by atoms with E-state index in [1.165, 1.54) is 31.0 Å². The SMILES string of the molecule is CCCCCCCC(=O)N1CCN(C(=O)C(NS(=O)(=O)c2cc(Cl)ccc2Cl)C(C)CC)CC1. The quantitative estimate of drug-likeness (QED) is 0.394. The van der Waals surface area contributed by atoms with Crippen LogP contribution in [-0.4, -0.2) is 62.3 Å². The molecular formula is C24H37Cl2N3O4S. The van der Waals surface area contributed by atoms with Crippen LogP contribution >= 0.6 is 23.2 Å². The Morgan fingerprint density at radius 2 is 1.62 bits per heavy atom. The molecule has 1 aliphatic heterocycles. The molecule has 2 rings (SSSR count). The molecule has 0 spiro atoms. The van der Waals surface area contributed by atoms with Gasteiger partial charge in [-0.2, -0.15) is 4.72 Å². The fraction of sp³-hybridized carbons (Fsp3) is 0.667. The largest absolute Gasteiger partial charge is 0.339 e. The Hall–Kier alpha value is -1.35. The highest BCUT2D eigenvalue weighted by atomic mass is 35.5. The van der Waals surface area contributed by atoms with Gasteiger partial charge in [0.2, 0.25) is 21.8 Å². The summed E-state index contributed by atoms with van der Waals surface area (Å²) in [7, 11) is -4.07. The predicted molar refractivity (Wildman–Crippen MR) is 137 cm³/mol. The summed E-state index contributed by atoms with van der Waals surface area (Å²) in [6.45, 7) is 7.58. The number of hydrogen-bond donors (Lipinski definition) is 1. The Morgan fingerprint density at radius 3 is 2.24 bits per heavy atom. The molecule has 10 heteroatoms. The first-order valence-corrected chi connectivity index (χ1v) is 14.4. The topological polar surface area (TPSA) is 86.8 Å². The number of sulfonamides is 1. The van der Waals surface area contributed by atoms with Gasteiger partial charge < -0.3 is 9.80 Å². The first kappa shape index (κ1) is 28.9. The highest BCUT2D eigenvalue weighted by Gasteiger charge is 2.35. The van der Waals surface area contributed by atoms with E-state index in [4.69, 9.17) is 23.2 Å². The van der Waals surface area contributed by atoms with Gasteiger partial charge in [0.15, 0.2) is 0 Å². The van der Waals surface area contributed by atoms with E-state index >= 15 is 0 Å². The summed E-state index contributed by atoms with van der Waals surface area (Å²) in [6, 6.07) is 3.26. The van der Waals surface area contributed by atoms with E-state index in [0.29, 0.717) is 39.0 Å². The summed E-state index contributed by atoms with van der Waals surface area (Å²) < 4.78 is 28.7. The van der Waals surface area contributed by atoms with Crippen LogP contribution in [0, 0.1) is 5.92 Å². The predicted octanol–water partition coefficient (Wildman–Crippen LogP) is 4.72. The minimum atomic E-state index is -4.07. The van der Waals surface area contributed by atoms with Crippen LogP contribution in [0.3, 0.4) is 0 Å². The summed E-state index contributed by atoms with van der Waals surface area (Å²) in [5.41, 5.74) is 0. The minimum absolute atomic E-state index is 0.0362. The number of benzene rings is 1. The van der Waals surface area contributed by atoms with E-state index < -0.39 is 16.1 Å². The van der Waals surface area contributed by atoms with Gasteiger partial charge in [0.1, 0.15) is 10.9 Å². The summed E-state index contributed by atoms with van der Waals surface area (Å²) in [5.74, 6) is -0.399. The smallest absolute Gasteiger partial charge is 0.242 e. The van der Waals surface area contributed by atoms with Crippen molar-refractivity contribution in [2.75, 3.05) is 26.2 Å². The molecule has 192 valence electrons. The number of carbonyl (C=O) groups is 2. The Bertz CT molecular complexity index is 934. The second-order valence-corrected chi connectivity index (χ2v) is 11.5. The van der Waals surface area contributed by atoms with E-state index in [0.717, 1.165) is 19.3 Å². The van der Waals surface area contributed by atoms with E-state index in [-0.39, 0.29) is 32.7 Å². The zero-order valence-electron chi connectivity index (χ0n) is 20.4. The average molecular weight is 535 g/mol. The molecule has 0 aliphatic carbocycles. The van der Waals surface area contributed by atoms with Gasteiger partial charge in [-0.1, -0.05) is 76.1 Å². The van der Waals surface area contributed by atoms with E-state index in [1.807, 2.05) is 13.8 Å². The first-order valence-electron chi connectivity index (χ1n) is 12.1. The molecule has 0 bridgehead atoms. The summed E-state index contributed by atoms with van der Waals surface area (Å²) >= 11 is 12.1. The molecule has 1 heterocycles. The van der Waals surface area contributed by atoms with Crippen LogP contribution in [0.4, 0.5) is 0 Å². The van der Waals surface area contributed by atoms with Crippen molar-refractivity contribution in [1.29, 1.82) is 0 Å². The zero-order chi connectivity index (χ0) is 25.3. The second-order valence-electron chi connectivity index (χ2n) is 8.93. The lowest BCUT2D eigenvalue weighted by Crippen LogP contribution is -2.57. The molecule has 1 fully saturated rings. The van der Waals surface area contributed by atoms with Crippen LogP contribution in [0.5, 0.6) is 0 Å². The molecule has 1 saturated heterocycles. The summed E-state index contributed by atoms with van der Waals surface area (Å²) in [5, 5.41) is 0.274. The Kier molecular flexibility index (Phi) is 11.6. The maximum absolute atomic E-state index is 13.3. The molecule has 0 radical (unpaired) electrons. The maximum Gasteiger partial charge on any atom is 0.242 e. The van der Waals surface area contributed by atoms with Crippen molar-refractivity contribution in [1.82, 2.24) is 14.5 Å². The standard InChI is InChI=1S/C24H37Cl2N3O4S/c1-4-6-7-8-9-10-22(30)28-13-15-29(16-14-28)24(31)23(18(3)5-2)27-34(32,33)21-17-19(25)11-12-20(21)26/h11-12,17-18,23,27H,4-10,13-16H2,1-3H3. The van der Waals surface area contributed by atoms with Gasteiger partial charge in [-0.05, 0) is 30.5 Å². The van der Waals surface area contributed by atoms with Crippen LogP contribution in [0.2, 0.25) is 10.0 Å². The molecule has 0 aromatic heterocycles. The highest BCUT2D eigenvalue weighted by molar-refractivity contribution is 7.89. The number of piperazine rings is 1. The van der Waals surface area contributed by atoms with Crippen molar-refractivity contribution < 1.29 is 18.0 Å². The number of amides is 2. The molecule has 2 unspecified atom stereocenters. The number of halogens is 2. The van der Waals surface area contributed by atoms with Gasteiger partial charge in [-0.25, -0.2) is 8.42 Å². The van der Waals surface area contributed by atoms with Crippen molar-refractivity contribution in [3.8, 4) is 0 Å². The van der Waals surface area contributed by atoms with Crippen LogP contribution in [0.25, 0.3) is 0 Å². The Labute approximate surface area is 214 Å². The molecule has 0 saturated carbocycles. The number of nitrogens with zero attached hydrogens (tertiary/aromatic N) is 2. The fourth-order valence-electron chi connectivity index (χ4n) is 3.97. The molecule has 1 aliphatic rings. The third-order valence-corrected chi connectivity index (χ3v) is 8.54. The van der Waals surface area contributed by atoms with Gasteiger partial charge >= 0.3 is 0 Å². The number of nitrogens with one attached hydrogen (secondary N) is 1. The van der Waals surface area contributed by atoms with Gasteiger partial charge in [0, 0.05) is 37.6 Å². The van der Waals surface area contributed by atoms with Crippen LogP contribution in [-0.2, 0) is 19.6 Å². The number of carbonyl (C=O) groups excluding carboxylic acids is 2. The molecule has 34 heavy (non-hydrogen) atoms. The maximum atomic E-state index is 13.3. The minimum Gasteiger partial charge on any atom is -0.339 e. The molecule has 1 aromatic rings. The van der Waals surface area contributed by atoms with E-state index in [9.17, 15) is 18.0 Å². The number of unbranched alkanes of at least 4 members (excludes halogenated alkanes) is 4. The van der Waals surface area contributed by atoms with Gasteiger partial charge in [0.05, 0.1) is 5.02 Å². The van der Waals surface area contributed by atoms with Gasteiger partial charge in [-0.3, -0.25) is 9.59 Å². The van der Waals surface area contributed by atoms with Crippen LogP contribution in [0.1, 0.15) is 65.7 Å². The zero-order valence-corrected chi connectivity index (χ0v) is 22.7. The Balaban J connectivity index is 2.01. The average Bonchev–Trinajstić information content (AvgIpc) is 2.83. The van der Waals surface area contributed by atoms with Crippen molar-refractivity contribution in [2.45, 2.75) is 76.7 Å². The second kappa shape index (κ2) is 13.7. The molecule has 1 aromatic carbocycles. The van der Waals surface area contributed by atoms with Crippen LogP contribution < -0.4 is 4.72 Å². The normalized spacial score (nSPS) is 16.4. The Morgan fingerprint density at radius 1 is 1.00 bits per heavy atom. The monoisotopic (exact) mass is 533 g/mol. The number of rotatable bonds is 12. The third-order valence-electron chi connectivity index (χ3n) is 6.38. The molecule has 2 amide bonds. The lowest BCUT2D eigenvalue weighted by atomic mass is 9.98. The lowest BCUT2D eigenvalue weighted by molar-refractivity contribution is -0.141. The molecule has 7 nitrogen and oxygen atoms in total. The summed E-state index contributed by atoms with van der Waals surface area (Å²) in [4.78, 5) is 29.1. The van der Waals surface area contributed by atoms with Gasteiger partial charge in [-0.15, -0.1) is 0 Å². The number of hydrogen-bond acceptors (Lipinski definition) is 4. The summed E-state index contributed by atoms with van der Waals surface area (Å²) in [6.07, 6.45) is 6.61. The fourth-order valence-corrected chi connectivity index (χ4v) is 6.03. The van der Waals surface area contributed by atoms with Crippen molar-refractivity contribution in [3.05, 3.63) is 28.2 Å². The van der Waals surface area contributed by atoms with Gasteiger partial charge in [0.25, 0.3) is 0 Å². The van der Waals surface area contributed by atoms with Crippen molar-refractivity contribution in [3.63, 3.8) is 0 Å². The first-order chi connectivity index (χ1) is 16.1. The van der Waals surface area contributed by atoms with Crippen molar-refractivity contribution >= 4 is 45.0 Å². The van der Waals surface area contributed by atoms with E-state index in [2.05, 4.69) is 11.6 Å². The van der Waals surface area contributed by atoms with Crippen molar-refractivity contribution in [2.24, 2.45) is 5.92 Å². The lowest BCUT2D eigenvalue weighted by Gasteiger charge is -2.37. The highest BCUT2D eigenvalue weighted by Crippen LogP contribution is 2.26. The molecule has 1 N–H and O–H groups in total. The third kappa shape index (κ3) is 8.11. The van der Waals surface area contributed by atoms with Crippen LogP contribution in [0.15, 0.2) is 23.1 Å². The molecule has 2 atom stereocenters.